The fourth-order valence-electron chi connectivity index (χ4n) is 2.64. The fraction of sp³-hybridized carbons (Fsp3) is 0.647. The molecule has 0 radical (unpaired) electrons. The van der Waals surface area contributed by atoms with Gasteiger partial charge in [-0.05, 0) is 67.9 Å². The zero-order valence-corrected chi connectivity index (χ0v) is 13.2. The Morgan fingerprint density at radius 3 is 2.50 bits per heavy atom. The molecule has 1 aromatic carbocycles. The first-order chi connectivity index (χ1) is 9.81. The number of thioether (sulfide) groups is 1. The van der Waals surface area contributed by atoms with E-state index in [1.807, 2.05) is 23.9 Å². The van der Waals surface area contributed by atoms with Crippen LogP contribution in [0.15, 0.2) is 24.3 Å². The second-order valence-electron chi connectivity index (χ2n) is 5.73. The van der Waals surface area contributed by atoms with Gasteiger partial charge in [-0.15, -0.1) is 0 Å². The molecule has 0 amide bonds. The summed E-state index contributed by atoms with van der Waals surface area (Å²) in [6.07, 6.45) is 10.0. The van der Waals surface area contributed by atoms with Crippen LogP contribution in [0.3, 0.4) is 0 Å². The lowest BCUT2D eigenvalue weighted by molar-refractivity contribution is 0.466. The lowest BCUT2D eigenvalue weighted by Gasteiger charge is -2.19. The SMILES string of the molecule is CSCCCCCCNC(c1ccc(F)cc1)C1CC1. The minimum atomic E-state index is -0.142. The molecule has 1 aliphatic carbocycles. The summed E-state index contributed by atoms with van der Waals surface area (Å²) in [5, 5.41) is 3.68. The highest BCUT2D eigenvalue weighted by molar-refractivity contribution is 7.98. The Kier molecular flexibility index (Phi) is 6.88. The molecule has 1 nitrogen and oxygen atoms in total. The van der Waals surface area contributed by atoms with Crippen LogP contribution in [0.1, 0.15) is 50.1 Å². The van der Waals surface area contributed by atoms with E-state index in [4.69, 9.17) is 0 Å². The average Bonchev–Trinajstić information content (AvgIpc) is 3.28. The molecule has 1 unspecified atom stereocenters. The second kappa shape index (κ2) is 8.68. The van der Waals surface area contributed by atoms with Crippen molar-refractivity contribution in [1.82, 2.24) is 5.32 Å². The van der Waals surface area contributed by atoms with Crippen molar-refractivity contribution >= 4 is 11.8 Å². The van der Waals surface area contributed by atoms with Crippen LogP contribution in [-0.2, 0) is 0 Å². The Morgan fingerprint density at radius 1 is 1.15 bits per heavy atom. The molecule has 0 aromatic heterocycles. The molecule has 1 saturated carbocycles. The Bertz CT molecular complexity index is 375. The highest BCUT2D eigenvalue weighted by Gasteiger charge is 2.31. The topological polar surface area (TPSA) is 12.0 Å². The van der Waals surface area contributed by atoms with Crippen LogP contribution in [0.5, 0.6) is 0 Å². The number of unbranched alkanes of at least 4 members (excludes halogenated alkanes) is 3. The molecule has 1 atom stereocenters. The van der Waals surface area contributed by atoms with Crippen molar-refractivity contribution in [2.45, 2.75) is 44.6 Å². The molecule has 1 N–H and O–H groups in total. The molecule has 0 heterocycles. The van der Waals surface area contributed by atoms with Crippen molar-refractivity contribution in [3.63, 3.8) is 0 Å². The van der Waals surface area contributed by atoms with Crippen molar-refractivity contribution in [2.75, 3.05) is 18.6 Å². The van der Waals surface area contributed by atoms with E-state index in [0.717, 1.165) is 12.5 Å². The van der Waals surface area contributed by atoms with Gasteiger partial charge in [-0.2, -0.15) is 11.8 Å². The largest absolute Gasteiger partial charge is 0.310 e. The van der Waals surface area contributed by atoms with Gasteiger partial charge in [0, 0.05) is 6.04 Å². The van der Waals surface area contributed by atoms with Crippen LogP contribution in [0.2, 0.25) is 0 Å². The van der Waals surface area contributed by atoms with Crippen LogP contribution in [-0.4, -0.2) is 18.6 Å². The molecule has 0 bridgehead atoms. The summed E-state index contributed by atoms with van der Waals surface area (Å²) in [6.45, 7) is 1.08. The molecule has 1 aliphatic rings. The van der Waals surface area contributed by atoms with E-state index in [9.17, 15) is 4.39 Å². The smallest absolute Gasteiger partial charge is 0.123 e. The summed E-state index contributed by atoms with van der Waals surface area (Å²) >= 11 is 1.93. The lowest BCUT2D eigenvalue weighted by atomic mass is 10.0. The van der Waals surface area contributed by atoms with E-state index < -0.39 is 0 Å². The monoisotopic (exact) mass is 295 g/mol. The molecule has 20 heavy (non-hydrogen) atoms. The van der Waals surface area contributed by atoms with Crippen LogP contribution in [0.4, 0.5) is 4.39 Å². The van der Waals surface area contributed by atoms with Crippen molar-refractivity contribution in [3.8, 4) is 0 Å². The quantitative estimate of drug-likeness (QED) is 0.623. The molecule has 3 heteroatoms. The minimum Gasteiger partial charge on any atom is -0.310 e. The van der Waals surface area contributed by atoms with E-state index in [1.165, 1.54) is 49.8 Å². The van der Waals surface area contributed by atoms with Crippen molar-refractivity contribution < 1.29 is 4.39 Å². The molecule has 0 aliphatic heterocycles. The van der Waals surface area contributed by atoms with Gasteiger partial charge in [0.15, 0.2) is 0 Å². The first kappa shape index (κ1) is 15.8. The minimum absolute atomic E-state index is 0.142. The molecular formula is C17H26FNS. The zero-order valence-electron chi connectivity index (χ0n) is 12.4. The summed E-state index contributed by atoms with van der Waals surface area (Å²) in [5.74, 6) is 1.90. The highest BCUT2D eigenvalue weighted by atomic mass is 32.2. The fourth-order valence-corrected chi connectivity index (χ4v) is 3.13. The summed E-state index contributed by atoms with van der Waals surface area (Å²) < 4.78 is 13.0. The molecule has 1 aromatic rings. The number of rotatable bonds is 10. The molecule has 0 saturated heterocycles. The zero-order chi connectivity index (χ0) is 14.2. The number of hydrogen-bond acceptors (Lipinski definition) is 2. The molecule has 0 spiro atoms. The number of hydrogen-bond donors (Lipinski definition) is 1. The number of nitrogens with one attached hydrogen (secondary N) is 1. The van der Waals surface area contributed by atoms with Crippen LogP contribution in [0, 0.1) is 11.7 Å². The van der Waals surface area contributed by atoms with E-state index >= 15 is 0 Å². The van der Waals surface area contributed by atoms with Crippen molar-refractivity contribution in [3.05, 3.63) is 35.6 Å². The predicted octanol–water partition coefficient (Wildman–Crippen LogP) is 4.79. The average molecular weight is 295 g/mol. The Hall–Kier alpha value is -0.540. The standard InChI is InChI=1S/C17H26FNS/c1-20-13-5-3-2-4-12-19-17(14-6-7-14)15-8-10-16(18)11-9-15/h8-11,14,17,19H,2-7,12-13H2,1H3. The van der Waals surface area contributed by atoms with Gasteiger partial charge in [0.25, 0.3) is 0 Å². The van der Waals surface area contributed by atoms with Crippen molar-refractivity contribution in [1.29, 1.82) is 0 Å². The molecular weight excluding hydrogens is 269 g/mol. The predicted molar refractivity (Wildman–Crippen MR) is 86.7 cm³/mol. The Labute approximate surface area is 126 Å². The van der Waals surface area contributed by atoms with Gasteiger partial charge in [0.1, 0.15) is 5.82 Å². The van der Waals surface area contributed by atoms with Crippen LogP contribution < -0.4 is 5.32 Å². The number of halogens is 1. The Balaban J connectivity index is 1.69. The van der Waals surface area contributed by atoms with E-state index in [2.05, 4.69) is 11.6 Å². The van der Waals surface area contributed by atoms with E-state index in [-0.39, 0.29) is 5.82 Å². The molecule has 2 rings (SSSR count). The first-order valence-electron chi connectivity index (χ1n) is 7.79. The molecule has 112 valence electrons. The second-order valence-corrected chi connectivity index (χ2v) is 6.71. The van der Waals surface area contributed by atoms with Gasteiger partial charge < -0.3 is 5.32 Å². The lowest BCUT2D eigenvalue weighted by Crippen LogP contribution is -2.24. The summed E-state index contributed by atoms with van der Waals surface area (Å²) in [5.41, 5.74) is 1.25. The Morgan fingerprint density at radius 2 is 1.85 bits per heavy atom. The van der Waals surface area contributed by atoms with Gasteiger partial charge in [-0.25, -0.2) is 4.39 Å². The van der Waals surface area contributed by atoms with Gasteiger partial charge in [-0.3, -0.25) is 0 Å². The maximum Gasteiger partial charge on any atom is 0.123 e. The van der Waals surface area contributed by atoms with Crippen LogP contribution in [0.25, 0.3) is 0 Å². The van der Waals surface area contributed by atoms with Gasteiger partial charge in [-0.1, -0.05) is 25.0 Å². The normalized spacial score (nSPS) is 16.3. The summed E-state index contributed by atoms with van der Waals surface area (Å²) in [6, 6.07) is 7.46. The maximum atomic E-state index is 13.0. The van der Waals surface area contributed by atoms with Gasteiger partial charge in [0.2, 0.25) is 0 Å². The maximum absolute atomic E-state index is 13.0. The summed E-state index contributed by atoms with van der Waals surface area (Å²) in [7, 11) is 0. The van der Waals surface area contributed by atoms with Crippen LogP contribution >= 0.6 is 11.8 Å². The third-order valence-corrected chi connectivity index (χ3v) is 4.66. The van der Waals surface area contributed by atoms with E-state index in [0.29, 0.717) is 6.04 Å². The van der Waals surface area contributed by atoms with Gasteiger partial charge in [0.05, 0.1) is 0 Å². The van der Waals surface area contributed by atoms with Crippen molar-refractivity contribution in [2.24, 2.45) is 5.92 Å². The highest BCUT2D eigenvalue weighted by Crippen LogP contribution is 2.40. The molecule has 1 fully saturated rings. The summed E-state index contributed by atoms with van der Waals surface area (Å²) in [4.78, 5) is 0. The third kappa shape index (κ3) is 5.45. The first-order valence-corrected chi connectivity index (χ1v) is 9.18. The van der Waals surface area contributed by atoms with E-state index in [1.54, 1.807) is 12.1 Å². The number of benzene rings is 1. The van der Waals surface area contributed by atoms with Gasteiger partial charge >= 0.3 is 0 Å². The third-order valence-electron chi connectivity index (χ3n) is 3.96.